The summed E-state index contributed by atoms with van der Waals surface area (Å²) < 4.78 is 0. The van der Waals surface area contributed by atoms with E-state index in [4.69, 9.17) is 5.11 Å². The van der Waals surface area contributed by atoms with E-state index < -0.39 is 0 Å². The molecule has 0 aromatic carbocycles. The quantitative estimate of drug-likeness (QED) is 0.870. The monoisotopic (exact) mass is 249 g/mol. The molecule has 1 aliphatic rings. The summed E-state index contributed by atoms with van der Waals surface area (Å²) in [6.07, 6.45) is 6.03. The molecule has 0 aliphatic carbocycles. The fourth-order valence-electron chi connectivity index (χ4n) is 2.60. The van der Waals surface area contributed by atoms with Crippen LogP contribution < -0.4 is 4.90 Å². The highest BCUT2D eigenvalue weighted by molar-refractivity contribution is 5.42. The maximum atomic E-state index is 8.96. The molecule has 100 valence electrons. The van der Waals surface area contributed by atoms with Gasteiger partial charge in [0.15, 0.2) is 0 Å². The van der Waals surface area contributed by atoms with Crippen LogP contribution in [-0.2, 0) is 0 Å². The third kappa shape index (κ3) is 2.99. The number of hydrogen-bond acceptors (Lipinski definition) is 4. The number of anilines is 1. The second-order valence-corrected chi connectivity index (χ2v) is 5.31. The number of aliphatic hydroxyl groups is 1. The minimum absolute atomic E-state index is 0.283. The van der Waals surface area contributed by atoms with Gasteiger partial charge in [-0.3, -0.25) is 0 Å². The van der Waals surface area contributed by atoms with Crippen molar-refractivity contribution in [2.75, 3.05) is 18.1 Å². The Kier molecular flexibility index (Phi) is 4.53. The Morgan fingerprint density at radius 3 is 3.00 bits per heavy atom. The van der Waals surface area contributed by atoms with Crippen LogP contribution in [0.2, 0.25) is 0 Å². The van der Waals surface area contributed by atoms with Crippen LogP contribution in [-0.4, -0.2) is 34.3 Å². The molecular formula is C14H23N3O. The first kappa shape index (κ1) is 13.3. The van der Waals surface area contributed by atoms with E-state index >= 15 is 0 Å². The van der Waals surface area contributed by atoms with Crippen LogP contribution in [0.1, 0.15) is 51.1 Å². The maximum absolute atomic E-state index is 8.96. The fourth-order valence-corrected chi connectivity index (χ4v) is 2.60. The van der Waals surface area contributed by atoms with Gasteiger partial charge in [-0.2, -0.15) is 0 Å². The van der Waals surface area contributed by atoms with Crippen molar-refractivity contribution in [1.29, 1.82) is 0 Å². The SMILES string of the molecule is CC(C)c1cc(N2CCCC2CCCO)ncn1. The van der Waals surface area contributed by atoms with Gasteiger partial charge in [-0.1, -0.05) is 13.8 Å². The standard InChI is InChI=1S/C14H23N3O/c1-11(2)13-9-14(16-10-15-13)17-7-3-5-12(17)6-4-8-18/h9-12,18H,3-8H2,1-2H3. The van der Waals surface area contributed by atoms with Crippen molar-refractivity contribution in [3.8, 4) is 0 Å². The lowest BCUT2D eigenvalue weighted by Crippen LogP contribution is -2.30. The van der Waals surface area contributed by atoms with Crippen LogP contribution in [0.15, 0.2) is 12.4 Å². The molecule has 18 heavy (non-hydrogen) atoms. The summed E-state index contributed by atoms with van der Waals surface area (Å²) in [4.78, 5) is 11.1. The average Bonchev–Trinajstić information content (AvgIpc) is 2.84. The first-order chi connectivity index (χ1) is 8.72. The topological polar surface area (TPSA) is 49.2 Å². The highest BCUT2D eigenvalue weighted by Crippen LogP contribution is 2.27. The van der Waals surface area contributed by atoms with Crippen LogP contribution >= 0.6 is 0 Å². The van der Waals surface area contributed by atoms with Crippen molar-refractivity contribution in [1.82, 2.24) is 9.97 Å². The lowest BCUT2D eigenvalue weighted by atomic mass is 10.1. The molecule has 1 saturated heterocycles. The van der Waals surface area contributed by atoms with Gasteiger partial charge in [0.25, 0.3) is 0 Å². The molecule has 1 fully saturated rings. The number of aromatic nitrogens is 2. The molecule has 4 nitrogen and oxygen atoms in total. The van der Waals surface area contributed by atoms with Crippen molar-refractivity contribution in [2.24, 2.45) is 0 Å². The lowest BCUT2D eigenvalue weighted by molar-refractivity contribution is 0.279. The van der Waals surface area contributed by atoms with Gasteiger partial charge in [-0.05, 0) is 31.6 Å². The van der Waals surface area contributed by atoms with Crippen LogP contribution in [0.3, 0.4) is 0 Å². The van der Waals surface area contributed by atoms with Gasteiger partial charge in [0.2, 0.25) is 0 Å². The largest absolute Gasteiger partial charge is 0.396 e. The second-order valence-electron chi connectivity index (χ2n) is 5.31. The van der Waals surface area contributed by atoms with E-state index in [2.05, 4.69) is 34.8 Å². The van der Waals surface area contributed by atoms with Crippen LogP contribution in [0.4, 0.5) is 5.82 Å². The van der Waals surface area contributed by atoms with E-state index in [0.717, 1.165) is 30.9 Å². The molecule has 0 saturated carbocycles. The highest BCUT2D eigenvalue weighted by atomic mass is 16.2. The molecule has 2 heterocycles. The Balaban J connectivity index is 2.11. The van der Waals surface area contributed by atoms with E-state index in [0.29, 0.717) is 12.0 Å². The molecule has 1 N–H and O–H groups in total. The molecule has 0 amide bonds. The van der Waals surface area contributed by atoms with E-state index in [-0.39, 0.29) is 6.61 Å². The Labute approximate surface area is 109 Å². The van der Waals surface area contributed by atoms with Crippen LogP contribution in [0.25, 0.3) is 0 Å². The predicted molar refractivity (Wildman–Crippen MR) is 72.8 cm³/mol. The number of rotatable bonds is 5. The third-order valence-electron chi connectivity index (χ3n) is 3.63. The van der Waals surface area contributed by atoms with E-state index in [1.165, 1.54) is 12.8 Å². The van der Waals surface area contributed by atoms with Gasteiger partial charge in [0.05, 0.1) is 0 Å². The third-order valence-corrected chi connectivity index (χ3v) is 3.63. The predicted octanol–water partition coefficient (Wildman–Crippen LogP) is 2.34. The first-order valence-corrected chi connectivity index (χ1v) is 6.92. The lowest BCUT2D eigenvalue weighted by Gasteiger charge is -2.26. The summed E-state index contributed by atoms with van der Waals surface area (Å²) in [5.74, 6) is 1.49. The van der Waals surface area contributed by atoms with Gasteiger partial charge in [-0.15, -0.1) is 0 Å². The normalized spacial score (nSPS) is 19.8. The molecule has 0 radical (unpaired) electrons. The van der Waals surface area contributed by atoms with Gasteiger partial charge in [0, 0.05) is 31.0 Å². The summed E-state index contributed by atoms with van der Waals surface area (Å²) in [6, 6.07) is 2.65. The summed E-state index contributed by atoms with van der Waals surface area (Å²) in [5, 5.41) is 8.96. The summed E-state index contributed by atoms with van der Waals surface area (Å²) in [7, 11) is 0. The molecule has 1 aromatic rings. The zero-order valence-corrected chi connectivity index (χ0v) is 11.3. The van der Waals surface area contributed by atoms with Crippen molar-refractivity contribution in [3.05, 3.63) is 18.1 Å². The van der Waals surface area contributed by atoms with Crippen LogP contribution in [0.5, 0.6) is 0 Å². The molecule has 1 aromatic heterocycles. The highest BCUT2D eigenvalue weighted by Gasteiger charge is 2.25. The zero-order valence-electron chi connectivity index (χ0n) is 11.3. The summed E-state index contributed by atoms with van der Waals surface area (Å²) in [5.41, 5.74) is 1.10. The van der Waals surface area contributed by atoms with Gasteiger partial charge in [0.1, 0.15) is 12.1 Å². The Bertz CT molecular complexity index is 381. The zero-order chi connectivity index (χ0) is 13.0. The molecular weight excluding hydrogens is 226 g/mol. The Morgan fingerprint density at radius 2 is 2.28 bits per heavy atom. The number of nitrogens with zero attached hydrogens (tertiary/aromatic N) is 3. The summed E-state index contributed by atoms with van der Waals surface area (Å²) in [6.45, 7) is 5.66. The molecule has 4 heteroatoms. The maximum Gasteiger partial charge on any atom is 0.132 e. The summed E-state index contributed by atoms with van der Waals surface area (Å²) >= 11 is 0. The van der Waals surface area contributed by atoms with Crippen LogP contribution in [0, 0.1) is 0 Å². The molecule has 2 rings (SSSR count). The Morgan fingerprint density at radius 1 is 1.44 bits per heavy atom. The van der Waals surface area contributed by atoms with Crippen molar-refractivity contribution in [3.63, 3.8) is 0 Å². The van der Waals surface area contributed by atoms with Crippen molar-refractivity contribution in [2.45, 2.75) is 51.5 Å². The van der Waals surface area contributed by atoms with E-state index in [1.54, 1.807) is 6.33 Å². The number of hydrogen-bond donors (Lipinski definition) is 1. The second kappa shape index (κ2) is 6.14. The first-order valence-electron chi connectivity index (χ1n) is 6.92. The molecule has 1 aliphatic heterocycles. The smallest absolute Gasteiger partial charge is 0.132 e. The fraction of sp³-hybridized carbons (Fsp3) is 0.714. The van der Waals surface area contributed by atoms with E-state index in [1.807, 2.05) is 0 Å². The molecule has 1 atom stereocenters. The minimum Gasteiger partial charge on any atom is -0.396 e. The molecule has 0 bridgehead atoms. The van der Waals surface area contributed by atoms with Crippen molar-refractivity contribution >= 4 is 5.82 Å². The van der Waals surface area contributed by atoms with Gasteiger partial charge in [-0.25, -0.2) is 9.97 Å². The minimum atomic E-state index is 0.283. The van der Waals surface area contributed by atoms with Crippen molar-refractivity contribution < 1.29 is 5.11 Å². The number of aliphatic hydroxyl groups excluding tert-OH is 1. The molecule has 1 unspecified atom stereocenters. The van der Waals surface area contributed by atoms with E-state index in [9.17, 15) is 0 Å². The van der Waals surface area contributed by atoms with Gasteiger partial charge < -0.3 is 10.0 Å². The average molecular weight is 249 g/mol. The Hall–Kier alpha value is -1.16. The molecule has 0 spiro atoms. The van der Waals surface area contributed by atoms with Gasteiger partial charge >= 0.3 is 0 Å².